The van der Waals surface area contributed by atoms with Crippen molar-refractivity contribution >= 4 is 11.7 Å². The largest absolute Gasteiger partial charge is 0.459 e. The van der Waals surface area contributed by atoms with Gasteiger partial charge >= 0.3 is 5.97 Å². The second-order valence-corrected chi connectivity index (χ2v) is 21.1. The van der Waals surface area contributed by atoms with Gasteiger partial charge < -0.3 is 74.0 Å². The summed E-state index contributed by atoms with van der Waals surface area (Å²) < 4.78 is 65.7. The van der Waals surface area contributed by atoms with Gasteiger partial charge in [0.2, 0.25) is 0 Å². The molecular weight excluding hydrogens is 919 g/mol. The molecule has 0 bridgehead atoms. The summed E-state index contributed by atoms with van der Waals surface area (Å²) in [7, 11) is 5.17. The SMILES string of the molecule is CC[C@H]1OC(=O)[C@H](C)[C@@H](O[C@H]2C[C@@](C)(OC)[C@@H](O)[C@H](C)O2)[C@H](C)[C@@H](O[C@@H]2O[C@H](C)C[C@H](N(C)CCC3=CN(C[C@H]4CC(c5cc(F)cc(F)c5)=NO4)NN3)[C@H]2O)[C@](C)(O)CCN(C)[C@H](C)[C@@H](O)[C@]1(C)O. The third kappa shape index (κ3) is 12.8. The van der Waals surface area contributed by atoms with Crippen molar-refractivity contribution in [3.63, 3.8) is 0 Å². The van der Waals surface area contributed by atoms with Crippen LogP contribution in [0.15, 0.2) is 35.3 Å². The number of aliphatic hydroxyl groups is 5. The van der Waals surface area contributed by atoms with Gasteiger partial charge in [-0.05, 0) is 94.0 Å². The molecule has 0 saturated carbocycles. The normalized spacial score (nSPS) is 41.6. The molecule has 3 saturated heterocycles. The molecule has 0 aromatic heterocycles. The predicted molar refractivity (Wildman–Crippen MR) is 252 cm³/mol. The zero-order chi connectivity index (χ0) is 51.6. The number of cyclic esters (lactones) is 1. The molecular formula is C49H80F2N6O13. The Hall–Kier alpha value is -3.16. The molecule has 18 atom stereocenters. The van der Waals surface area contributed by atoms with Gasteiger partial charge in [0.25, 0.3) is 0 Å². The Bertz CT molecular complexity index is 1970. The highest BCUT2D eigenvalue weighted by Crippen LogP contribution is 2.40. The molecule has 5 aliphatic heterocycles. The summed E-state index contributed by atoms with van der Waals surface area (Å²) in [6.07, 6.45) is -6.94. The van der Waals surface area contributed by atoms with Crippen molar-refractivity contribution in [3.8, 4) is 0 Å². The Morgan fingerprint density at radius 3 is 2.34 bits per heavy atom. The highest BCUT2D eigenvalue weighted by atomic mass is 19.1. The van der Waals surface area contributed by atoms with Gasteiger partial charge in [0.05, 0.1) is 53.8 Å². The first-order valence-electron chi connectivity index (χ1n) is 24.7. The fraction of sp³-hybridized carbons (Fsp3) is 0.796. The smallest absolute Gasteiger partial charge is 0.311 e. The molecule has 1 aromatic rings. The first-order chi connectivity index (χ1) is 32.8. The summed E-state index contributed by atoms with van der Waals surface area (Å²) in [5, 5.41) is 65.1. The lowest BCUT2D eigenvalue weighted by Gasteiger charge is -2.49. The minimum absolute atomic E-state index is 0.0889. The fourth-order valence-corrected chi connectivity index (χ4v) is 10.6. The van der Waals surface area contributed by atoms with E-state index in [9.17, 15) is 39.1 Å². The highest BCUT2D eigenvalue weighted by molar-refractivity contribution is 6.01. The standard InChI is InChI=1S/C49H80F2N6O13/c1-13-38-49(9,63)42(59)29(5)55(10)17-15-47(7,62)44(27(3)41(28(4)45(61)67-38)68-39-23-48(8,64-12)43(60)30(6)66-39)69-46-40(58)37(18-26(2)65-46)56(11)16-14-34-24-57(54-52-34)25-35-22-36(53-70-35)31-19-32(50)21-33(51)20-31/h19-21,24,26-30,35,37-44,46,52,54,58-60,62-63H,13-18,22-23,25H2,1-12H3/t26-,27+,28-,29-,30+,35-,37+,38-,39+,40-,41+,42-,43+,44-,46+,47-,48-,49-/m1/s1. The number of hydrogen-bond acceptors (Lipinski definition) is 19. The van der Waals surface area contributed by atoms with Crippen LogP contribution >= 0.6 is 0 Å². The van der Waals surface area contributed by atoms with Crippen LogP contribution in [0.2, 0.25) is 0 Å². The zero-order valence-electron chi connectivity index (χ0n) is 42.9. The van der Waals surface area contributed by atoms with Crippen molar-refractivity contribution in [3.05, 3.63) is 47.3 Å². The van der Waals surface area contributed by atoms with Gasteiger partial charge in [0.15, 0.2) is 18.7 Å². The van der Waals surface area contributed by atoms with Crippen LogP contribution in [-0.2, 0) is 38.1 Å². The molecule has 5 heterocycles. The fourth-order valence-electron chi connectivity index (χ4n) is 10.6. The maximum atomic E-state index is 14.4. The lowest BCUT2D eigenvalue weighted by Crippen LogP contribution is -2.62. The van der Waals surface area contributed by atoms with Crippen molar-refractivity contribution in [1.29, 1.82) is 0 Å². The molecule has 0 spiro atoms. The van der Waals surface area contributed by atoms with E-state index in [1.54, 1.807) is 55.5 Å². The van der Waals surface area contributed by atoms with Crippen molar-refractivity contribution in [2.75, 3.05) is 40.8 Å². The van der Waals surface area contributed by atoms with E-state index in [1.165, 1.54) is 26.2 Å². The summed E-state index contributed by atoms with van der Waals surface area (Å²) in [6, 6.07) is 2.18. The number of nitrogens with one attached hydrogen (secondary N) is 2. The van der Waals surface area contributed by atoms with Gasteiger partial charge in [-0.3, -0.25) is 9.80 Å². The van der Waals surface area contributed by atoms with Gasteiger partial charge in [0, 0.05) is 81.0 Å². The van der Waals surface area contributed by atoms with E-state index in [4.69, 9.17) is 33.3 Å². The molecule has 398 valence electrons. The molecule has 3 fully saturated rings. The van der Waals surface area contributed by atoms with Crippen LogP contribution < -0.4 is 11.0 Å². The van der Waals surface area contributed by atoms with Crippen molar-refractivity contribution in [1.82, 2.24) is 25.8 Å². The number of oxime groups is 1. The molecule has 5 aliphatic rings. The van der Waals surface area contributed by atoms with Crippen molar-refractivity contribution in [2.24, 2.45) is 17.0 Å². The molecule has 0 unspecified atom stereocenters. The van der Waals surface area contributed by atoms with E-state index in [2.05, 4.69) is 16.1 Å². The Kier molecular flexibility index (Phi) is 18.4. The van der Waals surface area contributed by atoms with Crippen LogP contribution in [0, 0.1) is 23.5 Å². The topological polar surface area (TPSA) is 229 Å². The number of halogens is 2. The third-order valence-electron chi connectivity index (χ3n) is 15.5. The lowest BCUT2D eigenvalue weighted by molar-refractivity contribution is -0.318. The van der Waals surface area contributed by atoms with E-state index in [0.29, 0.717) is 43.6 Å². The molecule has 0 amide bonds. The Morgan fingerprint density at radius 2 is 1.69 bits per heavy atom. The molecule has 1 aromatic carbocycles. The number of likely N-dealkylation sites (N-methyl/N-ethyl adjacent to an activating group) is 2. The van der Waals surface area contributed by atoms with Gasteiger partial charge in [-0.1, -0.05) is 19.0 Å². The Morgan fingerprint density at radius 1 is 1.00 bits per heavy atom. The first-order valence-corrected chi connectivity index (χ1v) is 24.7. The maximum absolute atomic E-state index is 14.4. The van der Waals surface area contributed by atoms with Crippen LogP contribution in [0.5, 0.6) is 0 Å². The number of benzene rings is 1. The quantitative estimate of drug-likeness (QED) is 0.141. The van der Waals surface area contributed by atoms with Crippen LogP contribution in [0.25, 0.3) is 0 Å². The van der Waals surface area contributed by atoms with Crippen LogP contribution in [0.1, 0.15) is 106 Å². The summed E-state index contributed by atoms with van der Waals surface area (Å²) in [4.78, 5) is 23.8. The summed E-state index contributed by atoms with van der Waals surface area (Å²) >= 11 is 0. The van der Waals surface area contributed by atoms with Crippen LogP contribution in [0.4, 0.5) is 8.78 Å². The average molecular weight is 999 g/mol. The minimum atomic E-state index is -1.85. The monoisotopic (exact) mass is 999 g/mol. The van der Waals surface area contributed by atoms with Crippen molar-refractivity contribution in [2.45, 2.75) is 197 Å². The second kappa shape index (κ2) is 22.9. The number of aliphatic hydroxyl groups excluding tert-OH is 3. The Labute approximate surface area is 411 Å². The van der Waals surface area contributed by atoms with E-state index in [0.717, 1.165) is 11.8 Å². The highest BCUT2D eigenvalue weighted by Gasteiger charge is 2.53. The Balaban J connectivity index is 1.20. The van der Waals surface area contributed by atoms with E-state index < -0.39 is 114 Å². The average Bonchev–Trinajstić information content (AvgIpc) is 3.98. The molecule has 21 heteroatoms. The van der Waals surface area contributed by atoms with Gasteiger partial charge in [-0.15, -0.1) is 5.53 Å². The predicted octanol–water partition coefficient (Wildman–Crippen LogP) is 2.66. The number of carbonyl (C=O) groups is 1. The summed E-state index contributed by atoms with van der Waals surface area (Å²) in [5.41, 5.74) is 3.33. The van der Waals surface area contributed by atoms with Crippen molar-refractivity contribution < 1.29 is 72.4 Å². The van der Waals surface area contributed by atoms with Crippen LogP contribution in [-0.4, -0.2) is 189 Å². The third-order valence-corrected chi connectivity index (χ3v) is 15.5. The van der Waals surface area contributed by atoms with Gasteiger partial charge in [-0.25, -0.2) is 8.78 Å². The molecule has 0 aliphatic carbocycles. The minimum Gasteiger partial charge on any atom is -0.459 e. The second-order valence-electron chi connectivity index (χ2n) is 21.1. The number of ether oxygens (including phenoxy) is 6. The summed E-state index contributed by atoms with van der Waals surface area (Å²) in [5.74, 6) is -4.00. The molecule has 70 heavy (non-hydrogen) atoms. The number of hydrazine groups is 2. The number of carbonyl (C=O) groups excluding carboxylic acids is 1. The van der Waals surface area contributed by atoms with Crippen LogP contribution in [0.3, 0.4) is 0 Å². The molecule has 19 nitrogen and oxygen atoms in total. The number of nitrogens with zero attached hydrogens (tertiary/aromatic N) is 4. The number of methoxy groups -OCH3 is 1. The summed E-state index contributed by atoms with van der Waals surface area (Å²) in [6.45, 7) is 16.5. The number of rotatable bonds is 13. The maximum Gasteiger partial charge on any atom is 0.311 e. The van der Waals surface area contributed by atoms with E-state index >= 15 is 0 Å². The van der Waals surface area contributed by atoms with Gasteiger partial charge in [0.1, 0.15) is 41.7 Å². The molecule has 0 radical (unpaired) electrons. The first kappa shape index (κ1) is 56.1. The molecule has 6 rings (SSSR count). The number of hydrogen-bond donors (Lipinski definition) is 7. The van der Waals surface area contributed by atoms with E-state index in [1.807, 2.05) is 35.0 Å². The van der Waals surface area contributed by atoms with Gasteiger partial charge in [-0.2, -0.15) is 0 Å². The number of esters is 1. The lowest BCUT2D eigenvalue weighted by atomic mass is 9.79. The zero-order valence-corrected chi connectivity index (χ0v) is 42.9. The van der Waals surface area contributed by atoms with E-state index in [-0.39, 0.29) is 38.0 Å². The molecule has 7 N–H and O–H groups in total.